The number of nitrogens with one attached hydrogen (secondary N) is 1. The summed E-state index contributed by atoms with van der Waals surface area (Å²) in [5, 5.41) is 12.5. The molecule has 25 heavy (non-hydrogen) atoms. The zero-order valence-corrected chi connectivity index (χ0v) is 15.1. The van der Waals surface area contributed by atoms with E-state index in [9.17, 15) is 10.1 Å². The van der Waals surface area contributed by atoms with Crippen LogP contribution in [0.15, 0.2) is 30.3 Å². The second-order valence-corrected chi connectivity index (χ2v) is 7.85. The van der Waals surface area contributed by atoms with Crippen molar-refractivity contribution in [2.45, 2.75) is 56.7 Å². The first kappa shape index (κ1) is 17.9. The molecular weight excluding hydrogens is 314 g/mol. The SMILES string of the molecule is CC1(C)CO[C@@H](c2ccccc2)CN1CC(=O)NC1(C#N)CCCC1. The average Bonchev–Trinajstić information content (AvgIpc) is 3.06. The first-order valence-electron chi connectivity index (χ1n) is 9.08. The van der Waals surface area contributed by atoms with Crippen LogP contribution >= 0.6 is 0 Å². The number of hydrogen-bond donors (Lipinski definition) is 1. The van der Waals surface area contributed by atoms with E-state index in [1.165, 1.54) is 0 Å². The minimum Gasteiger partial charge on any atom is -0.370 e. The Kier molecular flexibility index (Phi) is 5.12. The van der Waals surface area contributed by atoms with Gasteiger partial charge in [0.25, 0.3) is 0 Å². The van der Waals surface area contributed by atoms with Crippen LogP contribution in [-0.2, 0) is 9.53 Å². The van der Waals surface area contributed by atoms with Gasteiger partial charge in [-0.1, -0.05) is 30.3 Å². The molecule has 0 spiro atoms. The molecule has 1 aliphatic carbocycles. The highest BCUT2D eigenvalue weighted by molar-refractivity contribution is 5.79. The maximum absolute atomic E-state index is 12.6. The smallest absolute Gasteiger partial charge is 0.235 e. The van der Waals surface area contributed by atoms with Gasteiger partial charge in [0.1, 0.15) is 5.54 Å². The third-order valence-electron chi connectivity index (χ3n) is 5.44. The highest BCUT2D eigenvalue weighted by atomic mass is 16.5. The van der Waals surface area contributed by atoms with Crippen molar-refractivity contribution in [3.63, 3.8) is 0 Å². The number of nitriles is 1. The summed E-state index contributed by atoms with van der Waals surface area (Å²) in [6, 6.07) is 12.4. The molecule has 1 amide bonds. The standard InChI is InChI=1S/C20H27N3O2/c1-19(2)15-25-17(16-8-4-3-5-9-16)12-23(19)13-18(24)22-20(14-21)10-6-7-11-20/h3-5,8-9,17H,6-7,10-13,15H2,1-2H3,(H,22,24)/t17-/m1/s1. The molecular formula is C20H27N3O2. The van der Waals surface area contributed by atoms with Gasteiger partial charge in [-0.15, -0.1) is 0 Å². The number of rotatable bonds is 4. The molecule has 1 aromatic carbocycles. The quantitative estimate of drug-likeness (QED) is 0.914. The van der Waals surface area contributed by atoms with Gasteiger partial charge >= 0.3 is 0 Å². The molecule has 0 unspecified atom stereocenters. The van der Waals surface area contributed by atoms with Gasteiger partial charge in [-0.25, -0.2) is 0 Å². The van der Waals surface area contributed by atoms with Crippen LogP contribution in [-0.4, -0.2) is 41.6 Å². The lowest BCUT2D eigenvalue weighted by Crippen LogP contribution is -2.58. The molecule has 1 aliphatic heterocycles. The van der Waals surface area contributed by atoms with Gasteiger partial charge in [0.05, 0.1) is 25.3 Å². The number of carbonyl (C=O) groups is 1. The van der Waals surface area contributed by atoms with Gasteiger partial charge in [0.2, 0.25) is 5.91 Å². The van der Waals surface area contributed by atoms with E-state index in [2.05, 4.69) is 42.3 Å². The van der Waals surface area contributed by atoms with E-state index in [4.69, 9.17) is 4.74 Å². The largest absolute Gasteiger partial charge is 0.370 e. The van der Waals surface area contributed by atoms with E-state index in [1.807, 2.05) is 18.2 Å². The number of morpholine rings is 1. The Morgan fingerprint density at radius 1 is 1.32 bits per heavy atom. The molecule has 2 fully saturated rings. The molecule has 0 aromatic heterocycles. The van der Waals surface area contributed by atoms with Crippen molar-refractivity contribution >= 4 is 5.91 Å². The summed E-state index contributed by atoms with van der Waals surface area (Å²) in [5.74, 6) is -0.0646. The van der Waals surface area contributed by atoms with E-state index < -0.39 is 5.54 Å². The maximum atomic E-state index is 12.6. The monoisotopic (exact) mass is 341 g/mol. The topological polar surface area (TPSA) is 65.4 Å². The summed E-state index contributed by atoms with van der Waals surface area (Å²) in [7, 11) is 0. The summed E-state index contributed by atoms with van der Waals surface area (Å²) in [6.45, 7) is 5.73. The summed E-state index contributed by atoms with van der Waals surface area (Å²) in [4.78, 5) is 14.8. The minimum atomic E-state index is -0.660. The van der Waals surface area contributed by atoms with Crippen molar-refractivity contribution in [3.8, 4) is 6.07 Å². The number of hydrogen-bond acceptors (Lipinski definition) is 4. The van der Waals surface area contributed by atoms with Gasteiger partial charge in [-0.3, -0.25) is 9.69 Å². The molecule has 3 rings (SSSR count). The fraction of sp³-hybridized carbons (Fsp3) is 0.600. The molecule has 5 heteroatoms. The number of benzene rings is 1. The van der Waals surface area contributed by atoms with Crippen LogP contribution in [0.1, 0.15) is 51.2 Å². The molecule has 1 heterocycles. The molecule has 0 radical (unpaired) electrons. The summed E-state index contributed by atoms with van der Waals surface area (Å²) in [6.07, 6.45) is 3.50. The van der Waals surface area contributed by atoms with Gasteiger partial charge < -0.3 is 10.1 Å². The number of carbonyl (C=O) groups excluding carboxylic acids is 1. The Hall–Kier alpha value is -1.90. The van der Waals surface area contributed by atoms with Gasteiger partial charge in [-0.2, -0.15) is 5.26 Å². The van der Waals surface area contributed by atoms with Crippen molar-refractivity contribution in [1.29, 1.82) is 5.26 Å². The van der Waals surface area contributed by atoms with Crippen LogP contribution in [0.2, 0.25) is 0 Å². The first-order valence-corrected chi connectivity index (χ1v) is 9.08. The van der Waals surface area contributed by atoms with E-state index in [1.54, 1.807) is 0 Å². The van der Waals surface area contributed by atoms with E-state index in [-0.39, 0.29) is 17.6 Å². The lowest BCUT2D eigenvalue weighted by atomic mass is 9.97. The zero-order valence-electron chi connectivity index (χ0n) is 15.1. The van der Waals surface area contributed by atoms with Crippen molar-refractivity contribution < 1.29 is 9.53 Å². The molecule has 0 bridgehead atoms. The van der Waals surface area contributed by atoms with Crippen LogP contribution < -0.4 is 5.32 Å². The average molecular weight is 341 g/mol. The molecule has 5 nitrogen and oxygen atoms in total. The number of nitrogens with zero attached hydrogens (tertiary/aromatic N) is 2. The van der Waals surface area contributed by atoms with E-state index in [0.29, 0.717) is 19.7 Å². The van der Waals surface area contributed by atoms with Crippen molar-refractivity contribution in [1.82, 2.24) is 10.2 Å². The van der Waals surface area contributed by atoms with Crippen molar-refractivity contribution in [2.75, 3.05) is 19.7 Å². The number of amides is 1. The Morgan fingerprint density at radius 3 is 2.64 bits per heavy atom. The molecule has 1 N–H and O–H groups in total. The van der Waals surface area contributed by atoms with Crippen LogP contribution in [0.3, 0.4) is 0 Å². The summed E-state index contributed by atoms with van der Waals surface area (Å²) < 4.78 is 6.04. The molecule has 134 valence electrons. The van der Waals surface area contributed by atoms with Gasteiger partial charge in [-0.05, 0) is 45.1 Å². The highest BCUT2D eigenvalue weighted by Crippen LogP contribution is 2.31. The van der Waals surface area contributed by atoms with E-state index >= 15 is 0 Å². The van der Waals surface area contributed by atoms with Crippen molar-refractivity contribution in [2.24, 2.45) is 0 Å². The van der Waals surface area contributed by atoms with Gasteiger partial charge in [0, 0.05) is 12.1 Å². The third-order valence-corrected chi connectivity index (χ3v) is 5.44. The third kappa shape index (κ3) is 4.02. The molecule has 1 aromatic rings. The predicted octanol–water partition coefficient (Wildman–Crippen LogP) is 2.79. The molecule has 1 atom stereocenters. The minimum absolute atomic E-state index is 0.0292. The Morgan fingerprint density at radius 2 is 2.00 bits per heavy atom. The Labute approximate surface area is 150 Å². The van der Waals surface area contributed by atoms with Crippen LogP contribution in [0, 0.1) is 11.3 Å². The van der Waals surface area contributed by atoms with Crippen LogP contribution in [0.5, 0.6) is 0 Å². The summed E-state index contributed by atoms with van der Waals surface area (Å²) >= 11 is 0. The highest BCUT2D eigenvalue weighted by Gasteiger charge is 2.39. The second kappa shape index (κ2) is 7.15. The zero-order chi connectivity index (χ0) is 17.9. The molecule has 1 saturated carbocycles. The lowest BCUT2D eigenvalue weighted by molar-refractivity contribution is -0.134. The van der Waals surface area contributed by atoms with Gasteiger partial charge in [0.15, 0.2) is 0 Å². The Balaban J connectivity index is 1.66. The Bertz CT molecular complexity index is 645. The van der Waals surface area contributed by atoms with Crippen LogP contribution in [0.4, 0.5) is 0 Å². The fourth-order valence-electron chi connectivity index (χ4n) is 3.77. The van der Waals surface area contributed by atoms with Crippen LogP contribution in [0.25, 0.3) is 0 Å². The first-order chi connectivity index (χ1) is 11.9. The van der Waals surface area contributed by atoms with Crippen molar-refractivity contribution in [3.05, 3.63) is 35.9 Å². The van der Waals surface area contributed by atoms with E-state index in [0.717, 1.165) is 31.2 Å². The summed E-state index contributed by atoms with van der Waals surface area (Å²) in [5.41, 5.74) is 0.262. The maximum Gasteiger partial charge on any atom is 0.235 e. The molecule has 1 saturated heterocycles. The normalized spacial score (nSPS) is 25.2. The second-order valence-electron chi connectivity index (χ2n) is 7.85. The lowest BCUT2D eigenvalue weighted by Gasteiger charge is -2.45. The fourth-order valence-corrected chi connectivity index (χ4v) is 3.77. The molecule has 2 aliphatic rings. The predicted molar refractivity (Wildman–Crippen MR) is 95.7 cm³/mol. The number of ether oxygens (including phenoxy) is 1.